The van der Waals surface area contributed by atoms with E-state index in [1.54, 1.807) is 11.3 Å². The number of rotatable bonds is 5. The molecule has 0 saturated carbocycles. The van der Waals surface area contributed by atoms with E-state index in [2.05, 4.69) is 0 Å². The molecule has 0 aromatic carbocycles. The van der Waals surface area contributed by atoms with E-state index in [0.717, 1.165) is 0 Å². The minimum absolute atomic E-state index is 0.101. The third kappa shape index (κ3) is 3.52. The Morgan fingerprint density at radius 3 is 3.18 bits per heavy atom. The molecular weight excluding hydrogens is 240 g/mol. The number of aliphatic carboxylic acids is 1. The molecule has 0 spiro atoms. The first-order valence-corrected chi connectivity index (χ1v) is 6.51. The zero-order chi connectivity index (χ0) is 12.3. The molecule has 94 valence electrons. The molecule has 1 N–H and O–H groups in total. The molecule has 1 fully saturated rings. The van der Waals surface area contributed by atoms with Crippen molar-refractivity contribution in [2.24, 2.45) is 0 Å². The molecule has 0 radical (unpaired) electrons. The highest BCUT2D eigenvalue weighted by atomic mass is 32.1. The van der Waals surface area contributed by atoms with E-state index in [0.29, 0.717) is 19.4 Å². The van der Waals surface area contributed by atoms with Crippen molar-refractivity contribution in [3.05, 3.63) is 22.4 Å². The van der Waals surface area contributed by atoms with Crippen LogP contribution < -0.4 is 0 Å². The maximum Gasteiger partial charge on any atom is 0.303 e. The predicted molar refractivity (Wildman–Crippen MR) is 64.1 cm³/mol. The molecule has 1 aliphatic heterocycles. The molecule has 1 aliphatic rings. The molecule has 0 aliphatic carbocycles. The lowest BCUT2D eigenvalue weighted by atomic mass is 10.2. The maximum atomic E-state index is 10.5. The molecule has 1 saturated heterocycles. The van der Waals surface area contributed by atoms with Gasteiger partial charge in [-0.05, 0) is 24.8 Å². The number of carbonyl (C=O) groups is 1. The highest BCUT2D eigenvalue weighted by Crippen LogP contribution is 2.30. The minimum atomic E-state index is -0.791. The van der Waals surface area contributed by atoms with E-state index in [1.165, 1.54) is 4.88 Å². The third-order valence-electron chi connectivity index (χ3n) is 2.75. The Bertz CT molecular complexity index is 376. The highest BCUT2D eigenvalue weighted by Gasteiger charge is 2.37. The van der Waals surface area contributed by atoms with Crippen LogP contribution in [0, 0.1) is 0 Å². The van der Waals surface area contributed by atoms with Gasteiger partial charge >= 0.3 is 5.97 Å². The van der Waals surface area contributed by atoms with Crippen molar-refractivity contribution in [3.63, 3.8) is 0 Å². The van der Waals surface area contributed by atoms with Gasteiger partial charge in [0.05, 0.1) is 12.7 Å². The standard InChI is InChI=1S/C12H16O4S/c1-12(7-10-3-2-6-17-10)15-8-9(16-12)4-5-11(13)14/h2-3,6,9H,4-5,7-8H2,1H3,(H,13,14). The zero-order valence-corrected chi connectivity index (χ0v) is 10.5. The van der Waals surface area contributed by atoms with Crippen LogP contribution in [0.15, 0.2) is 17.5 Å². The summed E-state index contributed by atoms with van der Waals surface area (Å²) in [5.41, 5.74) is 0. The minimum Gasteiger partial charge on any atom is -0.481 e. The van der Waals surface area contributed by atoms with Gasteiger partial charge in [-0.15, -0.1) is 11.3 Å². The Morgan fingerprint density at radius 2 is 2.53 bits per heavy atom. The molecule has 1 aromatic rings. The van der Waals surface area contributed by atoms with Crippen LogP contribution in [-0.4, -0.2) is 29.6 Å². The van der Waals surface area contributed by atoms with Crippen molar-refractivity contribution in [1.29, 1.82) is 0 Å². The third-order valence-corrected chi connectivity index (χ3v) is 3.62. The fourth-order valence-electron chi connectivity index (χ4n) is 1.94. The Kier molecular flexibility index (Phi) is 3.81. The second kappa shape index (κ2) is 5.16. The SMILES string of the molecule is CC1(Cc2cccs2)OCC(CCC(=O)O)O1. The average Bonchev–Trinajstić information content (AvgIpc) is 2.86. The lowest BCUT2D eigenvalue weighted by Crippen LogP contribution is -2.29. The fraction of sp³-hybridized carbons (Fsp3) is 0.583. The van der Waals surface area contributed by atoms with Crippen molar-refractivity contribution in [2.75, 3.05) is 6.61 Å². The van der Waals surface area contributed by atoms with E-state index in [4.69, 9.17) is 14.6 Å². The van der Waals surface area contributed by atoms with E-state index in [9.17, 15) is 4.79 Å². The molecule has 5 heteroatoms. The van der Waals surface area contributed by atoms with Gasteiger partial charge in [-0.3, -0.25) is 4.79 Å². The van der Waals surface area contributed by atoms with Gasteiger partial charge in [-0.1, -0.05) is 6.07 Å². The zero-order valence-electron chi connectivity index (χ0n) is 9.72. The number of ether oxygens (including phenoxy) is 2. The van der Waals surface area contributed by atoms with Crippen molar-refractivity contribution in [2.45, 2.75) is 38.1 Å². The fourth-order valence-corrected chi connectivity index (χ4v) is 2.77. The van der Waals surface area contributed by atoms with Gasteiger partial charge in [0, 0.05) is 17.7 Å². The smallest absolute Gasteiger partial charge is 0.303 e. The van der Waals surface area contributed by atoms with Crippen molar-refractivity contribution < 1.29 is 19.4 Å². The summed E-state index contributed by atoms with van der Waals surface area (Å²) in [7, 11) is 0. The number of carboxylic acids is 1. The lowest BCUT2D eigenvalue weighted by Gasteiger charge is -2.22. The summed E-state index contributed by atoms with van der Waals surface area (Å²) in [6.45, 7) is 2.39. The van der Waals surface area contributed by atoms with E-state index in [-0.39, 0.29) is 12.5 Å². The Morgan fingerprint density at radius 1 is 1.71 bits per heavy atom. The first-order chi connectivity index (χ1) is 8.07. The van der Waals surface area contributed by atoms with Crippen LogP contribution in [0.5, 0.6) is 0 Å². The molecule has 2 rings (SSSR count). The van der Waals surface area contributed by atoms with Gasteiger partial charge in [-0.25, -0.2) is 0 Å². The van der Waals surface area contributed by atoms with Crippen LogP contribution in [0.4, 0.5) is 0 Å². The maximum absolute atomic E-state index is 10.5. The molecule has 17 heavy (non-hydrogen) atoms. The van der Waals surface area contributed by atoms with E-state index >= 15 is 0 Å². The second-order valence-corrected chi connectivity index (χ2v) is 5.41. The van der Waals surface area contributed by atoms with Gasteiger partial charge in [0.2, 0.25) is 0 Å². The topological polar surface area (TPSA) is 55.8 Å². The largest absolute Gasteiger partial charge is 0.481 e. The average molecular weight is 256 g/mol. The summed E-state index contributed by atoms with van der Waals surface area (Å²) in [6.07, 6.45) is 1.25. The van der Waals surface area contributed by atoms with Crippen LogP contribution in [0.3, 0.4) is 0 Å². The van der Waals surface area contributed by atoms with Crippen LogP contribution in [0.25, 0.3) is 0 Å². The van der Waals surface area contributed by atoms with Crippen LogP contribution in [0.1, 0.15) is 24.6 Å². The monoisotopic (exact) mass is 256 g/mol. The van der Waals surface area contributed by atoms with Gasteiger partial charge in [0.25, 0.3) is 0 Å². The van der Waals surface area contributed by atoms with E-state index in [1.807, 2.05) is 24.4 Å². The van der Waals surface area contributed by atoms with Gasteiger partial charge in [0.1, 0.15) is 0 Å². The Balaban J connectivity index is 1.85. The summed E-state index contributed by atoms with van der Waals surface area (Å²) >= 11 is 1.67. The summed E-state index contributed by atoms with van der Waals surface area (Å²) in [5, 5.41) is 10.6. The van der Waals surface area contributed by atoms with Crippen LogP contribution in [-0.2, 0) is 20.7 Å². The number of carboxylic acid groups (broad SMARTS) is 1. The van der Waals surface area contributed by atoms with Crippen LogP contribution >= 0.6 is 11.3 Å². The number of hydrogen-bond donors (Lipinski definition) is 1. The summed E-state index contributed by atoms with van der Waals surface area (Å²) in [6, 6.07) is 4.05. The Labute approximate surface area is 104 Å². The lowest BCUT2D eigenvalue weighted by molar-refractivity contribution is -0.154. The van der Waals surface area contributed by atoms with Gasteiger partial charge in [0.15, 0.2) is 5.79 Å². The van der Waals surface area contributed by atoms with Gasteiger partial charge < -0.3 is 14.6 Å². The van der Waals surface area contributed by atoms with Crippen LogP contribution in [0.2, 0.25) is 0 Å². The quantitative estimate of drug-likeness (QED) is 0.878. The summed E-state index contributed by atoms with van der Waals surface area (Å²) in [5.74, 6) is -1.39. The Hall–Kier alpha value is -0.910. The number of hydrogen-bond acceptors (Lipinski definition) is 4. The predicted octanol–water partition coefficient (Wildman–Crippen LogP) is 2.29. The summed E-state index contributed by atoms with van der Waals surface area (Å²) < 4.78 is 11.4. The molecule has 1 aromatic heterocycles. The molecule has 2 atom stereocenters. The second-order valence-electron chi connectivity index (χ2n) is 4.37. The molecule has 2 heterocycles. The number of thiophene rings is 1. The molecule has 4 nitrogen and oxygen atoms in total. The molecule has 0 bridgehead atoms. The molecular formula is C12H16O4S. The highest BCUT2D eigenvalue weighted by molar-refractivity contribution is 7.09. The normalized spacial score (nSPS) is 28.4. The first-order valence-electron chi connectivity index (χ1n) is 5.63. The van der Waals surface area contributed by atoms with Crippen molar-refractivity contribution in [3.8, 4) is 0 Å². The van der Waals surface area contributed by atoms with Crippen molar-refractivity contribution in [1.82, 2.24) is 0 Å². The van der Waals surface area contributed by atoms with E-state index < -0.39 is 11.8 Å². The molecule has 2 unspecified atom stereocenters. The van der Waals surface area contributed by atoms with Gasteiger partial charge in [-0.2, -0.15) is 0 Å². The first kappa shape index (κ1) is 12.5. The van der Waals surface area contributed by atoms with Crippen molar-refractivity contribution >= 4 is 17.3 Å². The summed E-state index contributed by atoms with van der Waals surface area (Å²) in [4.78, 5) is 11.7. The molecule has 0 amide bonds.